The molecule has 0 bridgehead atoms. The molecule has 0 aromatic heterocycles. The average molecular weight is 491 g/mol. The van der Waals surface area contributed by atoms with Crippen LogP contribution >= 0.6 is 35.6 Å². The molecule has 1 aliphatic rings. The molecule has 0 saturated carbocycles. The number of thiocarbonyl (C=S) groups is 1. The summed E-state index contributed by atoms with van der Waals surface area (Å²) in [6.45, 7) is 6.24. The van der Waals surface area contributed by atoms with Gasteiger partial charge in [0, 0.05) is 29.3 Å². The first-order valence-corrected chi connectivity index (χ1v) is 11.1. The van der Waals surface area contributed by atoms with Crippen LogP contribution in [0.5, 0.6) is 11.5 Å². The Kier molecular flexibility index (Phi) is 7.89. The van der Waals surface area contributed by atoms with Crippen LogP contribution in [0, 0.1) is 17.0 Å². The van der Waals surface area contributed by atoms with E-state index >= 15 is 0 Å². The van der Waals surface area contributed by atoms with Gasteiger partial charge in [-0.2, -0.15) is 0 Å². The van der Waals surface area contributed by atoms with Crippen LogP contribution in [0.4, 0.5) is 5.69 Å². The molecule has 1 saturated heterocycles. The summed E-state index contributed by atoms with van der Waals surface area (Å²) in [6.07, 6.45) is 3.13. The molecular formula is C22H19ClN2O5S2. The van der Waals surface area contributed by atoms with Gasteiger partial charge in [0.1, 0.15) is 29.0 Å². The van der Waals surface area contributed by atoms with E-state index in [9.17, 15) is 14.9 Å². The number of hydrogen-bond acceptors (Lipinski definition) is 7. The third-order valence-electron chi connectivity index (χ3n) is 4.42. The van der Waals surface area contributed by atoms with Crippen LogP contribution in [0.2, 0.25) is 5.02 Å². The molecule has 0 aliphatic carbocycles. The monoisotopic (exact) mass is 490 g/mol. The third-order valence-corrected chi connectivity index (χ3v) is 6.22. The molecule has 0 N–H and O–H groups in total. The molecule has 7 nitrogen and oxygen atoms in total. The van der Waals surface area contributed by atoms with Crippen molar-refractivity contribution in [2.45, 2.75) is 6.92 Å². The summed E-state index contributed by atoms with van der Waals surface area (Å²) in [5.74, 6) is 0.768. The minimum absolute atomic E-state index is 0.113. The van der Waals surface area contributed by atoms with Crippen LogP contribution in [-0.4, -0.2) is 39.8 Å². The van der Waals surface area contributed by atoms with E-state index in [0.717, 1.165) is 17.3 Å². The van der Waals surface area contributed by atoms with E-state index in [1.165, 1.54) is 23.1 Å². The molecule has 1 fully saturated rings. The van der Waals surface area contributed by atoms with Crippen LogP contribution in [0.15, 0.2) is 54.0 Å². The van der Waals surface area contributed by atoms with E-state index < -0.39 is 4.92 Å². The van der Waals surface area contributed by atoms with Crippen LogP contribution in [0.25, 0.3) is 6.08 Å². The Balaban J connectivity index is 1.75. The number of non-ortho nitro benzene ring substituents is 1. The minimum atomic E-state index is -0.504. The molecule has 0 spiro atoms. The molecule has 10 heteroatoms. The lowest BCUT2D eigenvalue weighted by atomic mass is 10.1. The maximum absolute atomic E-state index is 12.6. The fraction of sp³-hybridized carbons (Fsp3) is 0.182. The highest BCUT2D eigenvalue weighted by Crippen LogP contribution is 2.35. The Morgan fingerprint density at radius 2 is 2.00 bits per heavy atom. The number of halogens is 1. The Bertz CT molecular complexity index is 1120. The fourth-order valence-electron chi connectivity index (χ4n) is 2.84. The summed E-state index contributed by atoms with van der Waals surface area (Å²) < 4.78 is 11.9. The van der Waals surface area contributed by atoms with Gasteiger partial charge in [-0.1, -0.05) is 41.7 Å². The van der Waals surface area contributed by atoms with Crippen molar-refractivity contribution in [2.75, 3.05) is 19.8 Å². The number of benzene rings is 2. The summed E-state index contributed by atoms with van der Waals surface area (Å²) in [4.78, 5) is 25.1. The topological polar surface area (TPSA) is 81.9 Å². The Morgan fingerprint density at radius 3 is 2.69 bits per heavy atom. The van der Waals surface area contributed by atoms with Crippen molar-refractivity contribution in [2.24, 2.45) is 0 Å². The van der Waals surface area contributed by atoms with E-state index in [1.807, 2.05) is 13.0 Å². The van der Waals surface area contributed by atoms with Crippen LogP contribution in [0.1, 0.15) is 11.1 Å². The predicted molar refractivity (Wildman–Crippen MR) is 130 cm³/mol. The second kappa shape index (κ2) is 10.6. The summed E-state index contributed by atoms with van der Waals surface area (Å²) in [7, 11) is 0. The molecule has 2 aromatic rings. The van der Waals surface area contributed by atoms with Gasteiger partial charge in [0.25, 0.3) is 11.6 Å². The number of nitrogens with zero attached hydrogens (tertiary/aromatic N) is 2. The molecule has 0 atom stereocenters. The van der Waals surface area contributed by atoms with Gasteiger partial charge in [-0.3, -0.25) is 19.8 Å². The number of nitro benzene ring substituents is 1. The van der Waals surface area contributed by atoms with Crippen molar-refractivity contribution in [3.63, 3.8) is 0 Å². The van der Waals surface area contributed by atoms with Gasteiger partial charge in [0.2, 0.25) is 0 Å². The largest absolute Gasteiger partial charge is 0.490 e. The van der Waals surface area contributed by atoms with Gasteiger partial charge in [-0.15, -0.1) is 6.58 Å². The standard InChI is InChI=1S/C22H19ClN2O5S2/c1-3-8-24-21(26)20(32-22(24)31)13-15-12-16(25(27)28)4-7-19(15)30-10-9-29-17-5-6-18(23)14(2)11-17/h3-7,11-13H,1,8-10H2,2H3/b20-13-. The number of hydrogen-bond donors (Lipinski definition) is 0. The molecule has 1 aliphatic heterocycles. The van der Waals surface area contributed by atoms with Crippen LogP contribution in [0.3, 0.4) is 0 Å². The van der Waals surface area contributed by atoms with Crippen LogP contribution in [-0.2, 0) is 4.79 Å². The lowest BCUT2D eigenvalue weighted by molar-refractivity contribution is -0.384. The molecule has 1 heterocycles. The van der Waals surface area contributed by atoms with Crippen LogP contribution < -0.4 is 9.47 Å². The number of nitro groups is 1. The van der Waals surface area contributed by atoms with Gasteiger partial charge in [-0.25, -0.2) is 0 Å². The summed E-state index contributed by atoms with van der Waals surface area (Å²) in [5, 5.41) is 11.9. The number of aryl methyl sites for hydroxylation is 1. The number of amides is 1. The van der Waals surface area contributed by atoms with Crippen molar-refractivity contribution < 1.29 is 19.2 Å². The molecule has 32 heavy (non-hydrogen) atoms. The second-order valence-electron chi connectivity index (χ2n) is 6.67. The van der Waals surface area contributed by atoms with Gasteiger partial charge in [0.05, 0.1) is 9.83 Å². The first-order chi connectivity index (χ1) is 15.3. The first kappa shape index (κ1) is 23.8. The maximum Gasteiger partial charge on any atom is 0.270 e. The molecule has 3 rings (SSSR count). The number of rotatable bonds is 9. The van der Waals surface area contributed by atoms with Crippen molar-refractivity contribution >= 4 is 57.6 Å². The van der Waals surface area contributed by atoms with E-state index in [4.69, 9.17) is 33.3 Å². The molecule has 0 radical (unpaired) electrons. The van der Waals surface area contributed by atoms with E-state index in [1.54, 1.807) is 24.3 Å². The van der Waals surface area contributed by atoms with Crippen molar-refractivity contribution in [1.82, 2.24) is 4.90 Å². The van der Waals surface area contributed by atoms with E-state index in [0.29, 0.717) is 37.9 Å². The lowest BCUT2D eigenvalue weighted by Gasteiger charge is -2.12. The SMILES string of the molecule is C=CCN1C(=O)/C(=C/c2cc([N+](=O)[O-])ccc2OCCOc2ccc(Cl)c(C)c2)SC1=S. The Labute approximate surface area is 199 Å². The lowest BCUT2D eigenvalue weighted by Crippen LogP contribution is -2.27. The predicted octanol–water partition coefficient (Wildman–Crippen LogP) is 5.40. The smallest absolute Gasteiger partial charge is 0.270 e. The van der Waals surface area contributed by atoms with Gasteiger partial charge >= 0.3 is 0 Å². The Morgan fingerprint density at radius 1 is 1.25 bits per heavy atom. The van der Waals surface area contributed by atoms with Crippen molar-refractivity contribution in [3.8, 4) is 11.5 Å². The molecule has 166 valence electrons. The Hall–Kier alpha value is -2.88. The zero-order chi connectivity index (χ0) is 23.3. The molecule has 2 aromatic carbocycles. The fourth-order valence-corrected chi connectivity index (χ4v) is 4.22. The maximum atomic E-state index is 12.6. The van der Waals surface area contributed by atoms with Gasteiger partial charge in [-0.05, 0) is 42.8 Å². The summed E-state index contributed by atoms with van der Waals surface area (Å²) >= 11 is 12.4. The molecule has 0 unspecified atom stereocenters. The third kappa shape index (κ3) is 5.67. The summed E-state index contributed by atoms with van der Waals surface area (Å²) in [6, 6.07) is 9.55. The molecule has 1 amide bonds. The zero-order valence-electron chi connectivity index (χ0n) is 17.1. The minimum Gasteiger partial charge on any atom is -0.490 e. The normalized spacial score (nSPS) is 14.7. The number of thioether (sulfide) groups is 1. The van der Waals surface area contributed by atoms with Gasteiger partial charge in [0.15, 0.2) is 0 Å². The summed E-state index contributed by atoms with van der Waals surface area (Å²) in [5.41, 5.74) is 1.19. The number of carbonyl (C=O) groups excluding carboxylic acids is 1. The zero-order valence-corrected chi connectivity index (χ0v) is 19.5. The van der Waals surface area contributed by atoms with Crippen molar-refractivity contribution in [3.05, 3.63) is 80.2 Å². The number of ether oxygens (including phenoxy) is 2. The highest BCUT2D eigenvalue weighted by atomic mass is 35.5. The molecular weight excluding hydrogens is 472 g/mol. The highest BCUT2D eigenvalue weighted by molar-refractivity contribution is 8.26. The van der Waals surface area contributed by atoms with E-state index in [2.05, 4.69) is 6.58 Å². The van der Waals surface area contributed by atoms with E-state index in [-0.39, 0.29) is 24.8 Å². The number of carbonyl (C=O) groups is 1. The average Bonchev–Trinajstić information content (AvgIpc) is 3.02. The van der Waals surface area contributed by atoms with Crippen molar-refractivity contribution in [1.29, 1.82) is 0 Å². The highest BCUT2D eigenvalue weighted by Gasteiger charge is 2.31. The quantitative estimate of drug-likeness (QED) is 0.116. The van der Waals surface area contributed by atoms with Gasteiger partial charge < -0.3 is 9.47 Å². The second-order valence-corrected chi connectivity index (χ2v) is 8.75. The first-order valence-electron chi connectivity index (χ1n) is 9.46.